The highest BCUT2D eigenvalue weighted by Gasteiger charge is 2.47. The molecule has 0 saturated carbocycles. The normalized spacial score (nSPS) is 20.0. The van der Waals surface area contributed by atoms with E-state index in [1.54, 1.807) is 17.0 Å². The summed E-state index contributed by atoms with van der Waals surface area (Å²) >= 11 is 0. The Bertz CT molecular complexity index is 287. The van der Waals surface area contributed by atoms with Gasteiger partial charge in [-0.25, -0.2) is 4.79 Å². The monoisotopic (exact) mass is 167 g/mol. The van der Waals surface area contributed by atoms with Crippen LogP contribution in [0.3, 0.4) is 0 Å². The summed E-state index contributed by atoms with van der Waals surface area (Å²) in [5.41, 5.74) is -0.844. The van der Waals surface area contributed by atoms with Crippen LogP contribution >= 0.6 is 0 Å². The number of aliphatic carboxylic acids is 1. The zero-order valence-electron chi connectivity index (χ0n) is 6.43. The van der Waals surface area contributed by atoms with E-state index in [9.17, 15) is 4.79 Å². The average molecular weight is 167 g/mol. The number of nitrogens with zero attached hydrogens (tertiary/aromatic N) is 1. The molecule has 0 bridgehead atoms. The average Bonchev–Trinajstić information content (AvgIpc) is 2.35. The first-order valence-corrected chi connectivity index (χ1v) is 3.70. The van der Waals surface area contributed by atoms with Crippen LogP contribution in [-0.2, 0) is 15.1 Å². The minimum Gasteiger partial charge on any atom is -0.479 e. The fourth-order valence-electron chi connectivity index (χ4n) is 1.30. The lowest BCUT2D eigenvalue weighted by molar-refractivity contribution is -0.174. The Morgan fingerprint density at radius 3 is 2.33 bits per heavy atom. The first-order chi connectivity index (χ1) is 5.76. The van der Waals surface area contributed by atoms with E-state index in [1.165, 1.54) is 0 Å². The smallest absolute Gasteiger partial charge is 0.334 e. The van der Waals surface area contributed by atoms with Crippen molar-refractivity contribution in [3.05, 3.63) is 24.5 Å². The van der Waals surface area contributed by atoms with E-state index >= 15 is 0 Å². The minimum atomic E-state index is -0.844. The van der Waals surface area contributed by atoms with Crippen LogP contribution in [0, 0.1) is 0 Å². The summed E-state index contributed by atoms with van der Waals surface area (Å²) in [4.78, 5) is 10.9. The van der Waals surface area contributed by atoms with E-state index in [-0.39, 0.29) is 13.2 Å². The number of carboxylic acids is 1. The molecule has 2 heterocycles. The molecule has 1 aromatic rings. The van der Waals surface area contributed by atoms with E-state index in [1.807, 2.05) is 12.1 Å². The zero-order valence-corrected chi connectivity index (χ0v) is 6.43. The lowest BCUT2D eigenvalue weighted by Crippen LogP contribution is -2.57. The molecule has 64 valence electrons. The number of carbonyl (C=O) groups is 1. The molecule has 0 radical (unpaired) electrons. The highest BCUT2D eigenvalue weighted by atomic mass is 16.5. The quantitative estimate of drug-likeness (QED) is 0.689. The third-order valence-electron chi connectivity index (χ3n) is 2.18. The van der Waals surface area contributed by atoms with Gasteiger partial charge in [0.2, 0.25) is 0 Å². The molecule has 1 N–H and O–H groups in total. The van der Waals surface area contributed by atoms with Gasteiger partial charge in [0, 0.05) is 12.4 Å². The predicted octanol–water partition coefficient (Wildman–Crippen LogP) is 0.298. The second-order valence-electron chi connectivity index (χ2n) is 2.92. The van der Waals surface area contributed by atoms with E-state index in [4.69, 9.17) is 9.84 Å². The Kier molecular flexibility index (Phi) is 1.44. The van der Waals surface area contributed by atoms with Crippen LogP contribution in [0.25, 0.3) is 0 Å². The summed E-state index contributed by atoms with van der Waals surface area (Å²) in [6.45, 7) is 0.522. The summed E-state index contributed by atoms with van der Waals surface area (Å²) in [5.74, 6) is -0.829. The van der Waals surface area contributed by atoms with Crippen molar-refractivity contribution in [2.45, 2.75) is 5.54 Å². The van der Waals surface area contributed by atoms with E-state index in [0.717, 1.165) is 0 Å². The molecule has 4 nitrogen and oxygen atoms in total. The fourth-order valence-corrected chi connectivity index (χ4v) is 1.30. The molecule has 0 unspecified atom stereocenters. The number of carboxylic acid groups (broad SMARTS) is 1. The summed E-state index contributed by atoms with van der Waals surface area (Å²) in [6.07, 6.45) is 3.49. The van der Waals surface area contributed by atoms with Crippen LogP contribution < -0.4 is 0 Å². The molecule has 1 saturated heterocycles. The van der Waals surface area contributed by atoms with Crippen molar-refractivity contribution in [3.63, 3.8) is 0 Å². The molecule has 1 aliphatic rings. The van der Waals surface area contributed by atoms with Gasteiger partial charge in [0.05, 0.1) is 13.2 Å². The summed E-state index contributed by atoms with van der Waals surface area (Å²) < 4.78 is 6.60. The van der Waals surface area contributed by atoms with Gasteiger partial charge >= 0.3 is 5.97 Å². The molecule has 1 aromatic heterocycles. The van der Waals surface area contributed by atoms with E-state index in [0.29, 0.717) is 0 Å². The molecule has 0 aromatic carbocycles. The van der Waals surface area contributed by atoms with Crippen LogP contribution in [0.15, 0.2) is 24.5 Å². The van der Waals surface area contributed by atoms with Gasteiger partial charge in [0.15, 0.2) is 5.54 Å². The molecule has 0 aliphatic carbocycles. The first kappa shape index (κ1) is 7.36. The molecule has 1 aliphatic heterocycles. The molecule has 12 heavy (non-hydrogen) atoms. The Morgan fingerprint density at radius 1 is 1.42 bits per heavy atom. The van der Waals surface area contributed by atoms with Crippen LogP contribution in [-0.4, -0.2) is 28.9 Å². The van der Waals surface area contributed by atoms with Gasteiger partial charge in [0.1, 0.15) is 0 Å². The standard InChI is InChI=1S/C8H9NO3/c10-7(11)8(5-12-6-8)9-3-1-2-4-9/h1-4H,5-6H2,(H,10,11). The first-order valence-electron chi connectivity index (χ1n) is 3.70. The lowest BCUT2D eigenvalue weighted by Gasteiger charge is -2.38. The highest BCUT2D eigenvalue weighted by Crippen LogP contribution is 2.26. The number of rotatable bonds is 2. The highest BCUT2D eigenvalue weighted by molar-refractivity contribution is 5.78. The maximum Gasteiger partial charge on any atom is 0.334 e. The van der Waals surface area contributed by atoms with Gasteiger partial charge in [-0.05, 0) is 12.1 Å². The number of hydrogen-bond donors (Lipinski definition) is 1. The summed E-state index contributed by atoms with van der Waals surface area (Å²) in [6, 6.07) is 3.62. The molecular formula is C8H9NO3. The molecule has 2 rings (SSSR count). The second-order valence-corrected chi connectivity index (χ2v) is 2.92. The van der Waals surface area contributed by atoms with Crippen LogP contribution in [0.1, 0.15) is 0 Å². The Balaban J connectivity index is 2.35. The number of ether oxygens (including phenoxy) is 1. The Labute approximate surface area is 69.4 Å². The predicted molar refractivity (Wildman–Crippen MR) is 40.9 cm³/mol. The topological polar surface area (TPSA) is 51.5 Å². The van der Waals surface area contributed by atoms with Gasteiger partial charge in [-0.3, -0.25) is 0 Å². The van der Waals surface area contributed by atoms with Crippen molar-refractivity contribution >= 4 is 5.97 Å². The third kappa shape index (κ3) is 0.783. The largest absolute Gasteiger partial charge is 0.479 e. The van der Waals surface area contributed by atoms with E-state index < -0.39 is 11.5 Å². The van der Waals surface area contributed by atoms with Crippen LogP contribution in [0.5, 0.6) is 0 Å². The zero-order chi connectivity index (χ0) is 8.60. The number of aromatic nitrogens is 1. The van der Waals surface area contributed by atoms with Crippen molar-refractivity contribution in [1.29, 1.82) is 0 Å². The van der Waals surface area contributed by atoms with Crippen molar-refractivity contribution in [3.8, 4) is 0 Å². The minimum absolute atomic E-state index is 0.261. The molecule has 1 fully saturated rings. The number of hydrogen-bond acceptors (Lipinski definition) is 2. The van der Waals surface area contributed by atoms with Crippen LogP contribution in [0.4, 0.5) is 0 Å². The molecule has 0 atom stereocenters. The van der Waals surface area contributed by atoms with Crippen molar-refractivity contribution in [2.75, 3.05) is 13.2 Å². The summed E-state index contributed by atoms with van der Waals surface area (Å²) in [5, 5.41) is 8.95. The van der Waals surface area contributed by atoms with Gasteiger partial charge in [-0.1, -0.05) is 0 Å². The van der Waals surface area contributed by atoms with Crippen molar-refractivity contribution < 1.29 is 14.6 Å². The van der Waals surface area contributed by atoms with E-state index in [2.05, 4.69) is 0 Å². The van der Waals surface area contributed by atoms with Crippen molar-refractivity contribution in [1.82, 2.24) is 4.57 Å². The molecular weight excluding hydrogens is 158 g/mol. The Hall–Kier alpha value is -1.29. The van der Waals surface area contributed by atoms with Gasteiger partial charge < -0.3 is 14.4 Å². The van der Waals surface area contributed by atoms with Crippen molar-refractivity contribution in [2.24, 2.45) is 0 Å². The molecule has 0 spiro atoms. The fraction of sp³-hybridized carbons (Fsp3) is 0.375. The second kappa shape index (κ2) is 2.35. The Morgan fingerprint density at radius 2 is 2.00 bits per heavy atom. The lowest BCUT2D eigenvalue weighted by atomic mass is 9.98. The molecule has 4 heteroatoms. The SMILES string of the molecule is O=C(O)C1(n2cccc2)COC1. The third-order valence-corrected chi connectivity index (χ3v) is 2.18. The molecule has 0 amide bonds. The van der Waals surface area contributed by atoms with Crippen LogP contribution in [0.2, 0.25) is 0 Å². The maximum absolute atomic E-state index is 10.9. The van der Waals surface area contributed by atoms with Gasteiger partial charge in [-0.2, -0.15) is 0 Å². The van der Waals surface area contributed by atoms with Gasteiger partial charge in [0.25, 0.3) is 0 Å². The summed E-state index contributed by atoms with van der Waals surface area (Å²) in [7, 11) is 0. The van der Waals surface area contributed by atoms with Gasteiger partial charge in [-0.15, -0.1) is 0 Å². The maximum atomic E-state index is 10.9.